The van der Waals surface area contributed by atoms with E-state index in [1.165, 1.54) is 0 Å². The lowest BCUT2D eigenvalue weighted by atomic mass is 9.92. The van der Waals surface area contributed by atoms with Gasteiger partial charge >= 0.3 is 5.97 Å². The maximum Gasteiger partial charge on any atom is 0.323 e. The zero-order valence-corrected chi connectivity index (χ0v) is 10.9. The Morgan fingerprint density at radius 3 is 2.56 bits per heavy atom. The largest absolute Gasteiger partial charge is 0.480 e. The lowest BCUT2D eigenvalue weighted by Crippen LogP contribution is -2.62. The van der Waals surface area contributed by atoms with Crippen molar-refractivity contribution >= 4 is 5.97 Å². The van der Waals surface area contributed by atoms with Crippen LogP contribution < -0.4 is 0 Å². The van der Waals surface area contributed by atoms with E-state index in [1.807, 2.05) is 32.6 Å². The third-order valence-corrected chi connectivity index (χ3v) is 3.42. The Balaban J connectivity index is 2.90. The predicted molar refractivity (Wildman–Crippen MR) is 62.5 cm³/mol. The maximum absolute atomic E-state index is 11.4. The molecule has 1 heterocycles. The Labute approximate surface area is 97.6 Å². The van der Waals surface area contributed by atoms with Gasteiger partial charge in [-0.25, -0.2) is 0 Å². The van der Waals surface area contributed by atoms with Gasteiger partial charge in [0.15, 0.2) is 0 Å². The van der Waals surface area contributed by atoms with Crippen molar-refractivity contribution in [1.82, 2.24) is 4.90 Å². The molecule has 4 nitrogen and oxygen atoms in total. The Morgan fingerprint density at radius 1 is 1.62 bits per heavy atom. The summed E-state index contributed by atoms with van der Waals surface area (Å²) in [5.41, 5.74) is -1.06. The minimum atomic E-state index is -0.782. The first-order chi connectivity index (χ1) is 7.21. The number of ether oxygens (including phenoxy) is 1. The molecule has 0 bridgehead atoms. The van der Waals surface area contributed by atoms with Gasteiger partial charge in [-0.2, -0.15) is 0 Å². The fourth-order valence-electron chi connectivity index (χ4n) is 2.34. The Hall–Kier alpha value is -0.610. The fraction of sp³-hybridized carbons (Fsp3) is 0.917. The van der Waals surface area contributed by atoms with Gasteiger partial charge in [0.2, 0.25) is 0 Å². The monoisotopic (exact) mass is 229 g/mol. The first-order valence-electron chi connectivity index (χ1n) is 5.87. The first-order valence-corrected chi connectivity index (χ1v) is 5.87. The molecule has 0 spiro atoms. The molecule has 4 heteroatoms. The summed E-state index contributed by atoms with van der Waals surface area (Å²) in [5.74, 6) is -0.750. The zero-order chi connectivity index (χ0) is 12.6. The number of aliphatic carboxylic acids is 1. The van der Waals surface area contributed by atoms with Crippen molar-refractivity contribution in [2.75, 3.05) is 13.1 Å². The van der Waals surface area contributed by atoms with Crippen LogP contribution >= 0.6 is 0 Å². The number of hydrogen-bond acceptors (Lipinski definition) is 3. The molecule has 1 rings (SSSR count). The van der Waals surface area contributed by atoms with Crippen LogP contribution in [0.1, 0.15) is 41.0 Å². The molecule has 2 atom stereocenters. The molecule has 0 aromatic heterocycles. The number of carbonyl (C=O) groups is 1. The van der Waals surface area contributed by atoms with Crippen molar-refractivity contribution < 1.29 is 14.6 Å². The van der Waals surface area contributed by atoms with Crippen LogP contribution in [0.2, 0.25) is 0 Å². The lowest BCUT2D eigenvalue weighted by Gasteiger charge is -2.48. The first kappa shape index (κ1) is 13.5. The minimum absolute atomic E-state index is 0.0778. The number of hydrogen-bond donors (Lipinski definition) is 1. The molecule has 0 aliphatic carbocycles. The second kappa shape index (κ2) is 4.34. The normalized spacial score (nSPS) is 29.7. The SMILES string of the molecule is CCC(C)(C(=O)O)N1CC(C)OC(C)(C)C1. The van der Waals surface area contributed by atoms with E-state index < -0.39 is 11.5 Å². The van der Waals surface area contributed by atoms with Gasteiger partial charge in [-0.05, 0) is 34.1 Å². The van der Waals surface area contributed by atoms with Crippen LogP contribution in [0.3, 0.4) is 0 Å². The van der Waals surface area contributed by atoms with E-state index in [4.69, 9.17) is 4.74 Å². The third-order valence-electron chi connectivity index (χ3n) is 3.42. The number of carboxylic acids is 1. The van der Waals surface area contributed by atoms with E-state index in [9.17, 15) is 9.90 Å². The Bertz CT molecular complexity index is 277. The molecule has 1 aliphatic rings. The number of rotatable bonds is 3. The summed E-state index contributed by atoms with van der Waals surface area (Å²) in [4.78, 5) is 13.4. The van der Waals surface area contributed by atoms with E-state index in [-0.39, 0.29) is 11.7 Å². The standard InChI is InChI=1S/C12H23NO3/c1-6-12(5,10(14)15)13-7-9(2)16-11(3,4)8-13/h9H,6-8H2,1-5H3,(H,14,15). The molecule has 0 radical (unpaired) electrons. The van der Waals surface area contributed by atoms with E-state index in [1.54, 1.807) is 6.92 Å². The maximum atomic E-state index is 11.4. The molecule has 1 N–H and O–H groups in total. The van der Waals surface area contributed by atoms with Crippen LogP contribution in [0.4, 0.5) is 0 Å². The van der Waals surface area contributed by atoms with Crippen LogP contribution in [-0.2, 0) is 9.53 Å². The van der Waals surface area contributed by atoms with Gasteiger partial charge in [0, 0.05) is 13.1 Å². The van der Waals surface area contributed by atoms with Crippen LogP contribution in [0, 0.1) is 0 Å². The van der Waals surface area contributed by atoms with Gasteiger partial charge < -0.3 is 9.84 Å². The van der Waals surface area contributed by atoms with Crippen LogP contribution in [0.5, 0.6) is 0 Å². The highest BCUT2D eigenvalue weighted by molar-refractivity contribution is 5.78. The van der Waals surface area contributed by atoms with Crippen molar-refractivity contribution in [2.45, 2.75) is 58.3 Å². The van der Waals surface area contributed by atoms with Gasteiger partial charge in [-0.3, -0.25) is 9.69 Å². The molecule has 1 aliphatic heterocycles. The minimum Gasteiger partial charge on any atom is -0.480 e. The van der Waals surface area contributed by atoms with Gasteiger partial charge in [0.25, 0.3) is 0 Å². The molecule has 94 valence electrons. The van der Waals surface area contributed by atoms with Crippen molar-refractivity contribution in [3.8, 4) is 0 Å². The summed E-state index contributed by atoms with van der Waals surface area (Å²) in [6, 6.07) is 0. The fourth-order valence-corrected chi connectivity index (χ4v) is 2.34. The highest BCUT2D eigenvalue weighted by atomic mass is 16.5. The quantitative estimate of drug-likeness (QED) is 0.801. The number of nitrogens with zero attached hydrogens (tertiary/aromatic N) is 1. The van der Waals surface area contributed by atoms with Crippen LogP contribution in [0.15, 0.2) is 0 Å². The van der Waals surface area contributed by atoms with E-state index in [0.717, 1.165) is 0 Å². The lowest BCUT2D eigenvalue weighted by molar-refractivity contribution is -0.173. The molecular weight excluding hydrogens is 206 g/mol. The highest BCUT2D eigenvalue weighted by Crippen LogP contribution is 2.29. The van der Waals surface area contributed by atoms with Gasteiger partial charge in [0.05, 0.1) is 11.7 Å². The summed E-state index contributed by atoms with van der Waals surface area (Å²) in [6.45, 7) is 11.1. The second-order valence-electron chi connectivity index (χ2n) is 5.50. The van der Waals surface area contributed by atoms with Crippen molar-refractivity contribution in [3.05, 3.63) is 0 Å². The van der Waals surface area contributed by atoms with Gasteiger partial charge in [-0.15, -0.1) is 0 Å². The molecule has 0 saturated carbocycles. The molecular formula is C12H23NO3. The molecule has 2 unspecified atom stereocenters. The summed E-state index contributed by atoms with van der Waals surface area (Å²) < 4.78 is 5.79. The van der Waals surface area contributed by atoms with E-state index in [2.05, 4.69) is 0 Å². The summed E-state index contributed by atoms with van der Waals surface area (Å²) in [6.07, 6.45) is 0.680. The molecule has 0 aromatic carbocycles. The Morgan fingerprint density at radius 2 is 2.19 bits per heavy atom. The van der Waals surface area contributed by atoms with Crippen molar-refractivity contribution in [2.24, 2.45) is 0 Å². The topological polar surface area (TPSA) is 49.8 Å². The van der Waals surface area contributed by atoms with E-state index in [0.29, 0.717) is 19.5 Å². The highest BCUT2D eigenvalue weighted by Gasteiger charge is 2.44. The Kier molecular flexibility index (Phi) is 3.65. The number of morpholine rings is 1. The van der Waals surface area contributed by atoms with Crippen molar-refractivity contribution in [3.63, 3.8) is 0 Å². The predicted octanol–water partition coefficient (Wildman–Crippen LogP) is 1.74. The van der Waals surface area contributed by atoms with Crippen molar-refractivity contribution in [1.29, 1.82) is 0 Å². The molecule has 1 fully saturated rings. The molecule has 0 aromatic rings. The van der Waals surface area contributed by atoms with Crippen LogP contribution in [0.25, 0.3) is 0 Å². The molecule has 1 saturated heterocycles. The molecule has 16 heavy (non-hydrogen) atoms. The smallest absolute Gasteiger partial charge is 0.323 e. The average molecular weight is 229 g/mol. The van der Waals surface area contributed by atoms with Gasteiger partial charge in [0.1, 0.15) is 5.54 Å². The summed E-state index contributed by atoms with van der Waals surface area (Å²) in [7, 11) is 0. The zero-order valence-electron chi connectivity index (χ0n) is 10.9. The second-order valence-corrected chi connectivity index (χ2v) is 5.50. The average Bonchev–Trinajstić information content (AvgIpc) is 2.12. The summed E-state index contributed by atoms with van der Waals surface area (Å²) in [5, 5.41) is 9.36. The van der Waals surface area contributed by atoms with E-state index >= 15 is 0 Å². The number of carboxylic acid groups (broad SMARTS) is 1. The van der Waals surface area contributed by atoms with Gasteiger partial charge in [-0.1, -0.05) is 6.92 Å². The summed E-state index contributed by atoms with van der Waals surface area (Å²) >= 11 is 0. The van der Waals surface area contributed by atoms with Crippen LogP contribution in [-0.4, -0.2) is 46.3 Å². The third kappa shape index (κ3) is 2.55. The molecule has 0 amide bonds.